The van der Waals surface area contributed by atoms with Gasteiger partial charge in [0.2, 0.25) is 0 Å². The van der Waals surface area contributed by atoms with Crippen LogP contribution in [0.4, 0.5) is 0 Å². The molecule has 0 spiro atoms. The van der Waals surface area contributed by atoms with E-state index in [2.05, 4.69) is 0 Å². The van der Waals surface area contributed by atoms with Crippen LogP contribution in [0, 0.1) is 0 Å². The van der Waals surface area contributed by atoms with Gasteiger partial charge in [0.15, 0.2) is 9.87 Å². The van der Waals surface area contributed by atoms with E-state index in [1.807, 2.05) is 37.3 Å². The van der Waals surface area contributed by atoms with E-state index < -0.39 is 15.9 Å². The first-order valence-electron chi connectivity index (χ1n) is 5.12. The fourth-order valence-corrected chi connectivity index (χ4v) is 2.61. The van der Waals surface area contributed by atoms with Gasteiger partial charge in [-0.1, -0.05) is 61.9 Å². The maximum atomic E-state index is 11.4. The maximum absolute atomic E-state index is 11.4. The molecule has 5 nitrogen and oxygen atoms in total. The topological polar surface area (TPSA) is 123 Å². The van der Waals surface area contributed by atoms with Crippen molar-refractivity contribution in [3.05, 3.63) is 30.3 Å². The van der Waals surface area contributed by atoms with Crippen LogP contribution in [0.15, 0.2) is 30.3 Å². The Hall–Kier alpha value is -0.885. The van der Waals surface area contributed by atoms with Gasteiger partial charge in [-0.15, -0.1) is 0 Å². The molecule has 0 unspecified atom stereocenters. The third-order valence-electron chi connectivity index (χ3n) is 2.39. The molecule has 1 aromatic rings. The lowest BCUT2D eigenvalue weighted by atomic mass is 9.64. The van der Waals surface area contributed by atoms with Gasteiger partial charge in [0.25, 0.3) is 0 Å². The summed E-state index contributed by atoms with van der Waals surface area (Å²) in [5.74, 6) is -0.557. The highest BCUT2D eigenvalue weighted by molar-refractivity contribution is 8.18. The second-order valence-corrected chi connectivity index (χ2v) is 5.38. The summed E-state index contributed by atoms with van der Waals surface area (Å²) in [5, 5.41) is 5.22. The van der Waals surface area contributed by atoms with Gasteiger partial charge >= 0.3 is 5.99 Å². The third-order valence-corrected chi connectivity index (χ3v) is 3.69. The van der Waals surface area contributed by atoms with E-state index in [0.29, 0.717) is 6.32 Å². The zero-order chi connectivity index (χ0) is 11.3. The van der Waals surface area contributed by atoms with E-state index in [1.54, 1.807) is 0 Å². The Labute approximate surface area is 103 Å². The third kappa shape index (κ3) is 5.83. The molecule has 1 rings (SSSR count). The lowest BCUT2D eigenvalue weighted by Crippen LogP contribution is -2.42. The molecule has 0 aliphatic heterocycles. The van der Waals surface area contributed by atoms with Crippen molar-refractivity contribution in [2.24, 2.45) is 5.14 Å². The van der Waals surface area contributed by atoms with Gasteiger partial charge in [-0.25, -0.2) is 13.6 Å². The highest BCUT2D eigenvalue weighted by Gasteiger charge is 2.28. The molecule has 0 aromatic heterocycles. The van der Waals surface area contributed by atoms with Crippen LogP contribution >= 0.6 is 0 Å². The van der Waals surface area contributed by atoms with Crippen molar-refractivity contribution in [1.29, 1.82) is 0 Å². The molecule has 0 radical (unpaired) electrons. The van der Waals surface area contributed by atoms with Crippen LogP contribution in [0.5, 0.6) is 0 Å². The highest BCUT2D eigenvalue weighted by Crippen LogP contribution is 2.05. The summed E-state index contributed by atoms with van der Waals surface area (Å²) in [4.78, 5) is 0. The zero-order valence-corrected chi connectivity index (χ0v) is 10.7. The van der Waals surface area contributed by atoms with Crippen LogP contribution < -0.4 is 10.6 Å². The van der Waals surface area contributed by atoms with E-state index >= 15 is 0 Å². The number of nitrogens with two attached hydrogens (primary N) is 1. The van der Waals surface area contributed by atoms with Gasteiger partial charge in [0.1, 0.15) is 0 Å². The summed E-state index contributed by atoms with van der Waals surface area (Å²) in [6, 6.07) is 9.15. The maximum Gasteiger partial charge on any atom is 0.343 e. The number of hydrogen-bond acceptors (Lipinski definition) is 2. The van der Waals surface area contributed by atoms with Gasteiger partial charge in [0, 0.05) is 0 Å². The minimum Gasteiger partial charge on any atom is -0.412 e. The van der Waals surface area contributed by atoms with Crippen molar-refractivity contribution in [2.75, 3.05) is 0 Å². The van der Waals surface area contributed by atoms with Crippen LogP contribution in [0.25, 0.3) is 0 Å². The fourth-order valence-electron chi connectivity index (χ4n) is 1.58. The Morgan fingerprint density at radius 1 is 1.18 bits per heavy atom. The first-order chi connectivity index (χ1) is 7.05. The summed E-state index contributed by atoms with van der Waals surface area (Å²) in [5.41, 5.74) is 0.786. The normalized spacial score (nSPS) is 10.0. The van der Waals surface area contributed by atoms with Crippen molar-refractivity contribution < 1.29 is 19.4 Å². The fraction of sp³-hybridized carbons (Fsp3) is 0.400. The summed E-state index contributed by atoms with van der Waals surface area (Å²) in [6.45, 7) is 2.03. The number of rotatable bonds is 5. The molecule has 0 saturated carbocycles. The smallest absolute Gasteiger partial charge is 0.343 e. The quantitative estimate of drug-likeness (QED) is 0.706. The van der Waals surface area contributed by atoms with E-state index in [0.717, 1.165) is 18.3 Å². The first kappa shape index (κ1) is 18.5. The molecule has 98 valence electrons. The Morgan fingerprint density at radius 2 is 1.71 bits per heavy atom. The lowest BCUT2D eigenvalue weighted by Gasteiger charge is -2.10. The molecule has 0 saturated heterocycles. The predicted molar refractivity (Wildman–Crippen MR) is 71.9 cm³/mol. The Morgan fingerprint density at radius 3 is 2.12 bits per heavy atom. The van der Waals surface area contributed by atoms with Gasteiger partial charge in [-0.2, -0.15) is 0 Å². The highest BCUT2D eigenvalue weighted by atomic mass is 32.2. The van der Waals surface area contributed by atoms with Crippen LogP contribution in [0.2, 0.25) is 6.32 Å². The SMILES string of the molecule is CCCCB(c1ccccc1)S(N)(=O)=O.O.O. The lowest BCUT2D eigenvalue weighted by molar-refractivity contribution is 0.609. The van der Waals surface area contributed by atoms with Crippen molar-refractivity contribution in [2.45, 2.75) is 26.1 Å². The standard InChI is InChI=1S/C10H16BNO2S.2H2O/c1-2-3-9-11(15(12,13)14)10-7-5-4-6-8-10;;/h4-8H,2-3,9H2,1H3,(H2,12,13,14);2*1H2. The van der Waals surface area contributed by atoms with E-state index in [1.165, 1.54) is 0 Å². The van der Waals surface area contributed by atoms with Gasteiger partial charge in [-0.3, -0.25) is 0 Å². The summed E-state index contributed by atoms with van der Waals surface area (Å²) >= 11 is 0. The molecular weight excluding hydrogens is 241 g/mol. The second-order valence-electron chi connectivity index (χ2n) is 3.63. The van der Waals surface area contributed by atoms with Crippen molar-refractivity contribution in [3.63, 3.8) is 0 Å². The Bertz CT molecular complexity index is 396. The molecule has 7 heteroatoms. The van der Waals surface area contributed by atoms with Crippen LogP contribution in [-0.2, 0) is 9.87 Å². The average molecular weight is 261 g/mol. The molecule has 0 fully saturated rings. The Balaban J connectivity index is 0. The molecule has 0 aliphatic carbocycles. The Kier molecular flexibility index (Phi) is 8.96. The van der Waals surface area contributed by atoms with Gasteiger partial charge < -0.3 is 11.0 Å². The van der Waals surface area contributed by atoms with Crippen LogP contribution in [0.3, 0.4) is 0 Å². The van der Waals surface area contributed by atoms with Crippen LogP contribution in [-0.4, -0.2) is 25.4 Å². The number of unbranched alkanes of at least 4 members (excludes halogenated alkanes) is 1. The number of benzene rings is 1. The largest absolute Gasteiger partial charge is 0.412 e. The average Bonchev–Trinajstić information content (AvgIpc) is 2.18. The number of hydrogen-bond donors (Lipinski definition) is 1. The molecular formula is C10H20BNO4S. The van der Waals surface area contributed by atoms with E-state index in [9.17, 15) is 8.42 Å². The van der Waals surface area contributed by atoms with Crippen molar-refractivity contribution >= 4 is 21.3 Å². The van der Waals surface area contributed by atoms with E-state index in [-0.39, 0.29) is 11.0 Å². The predicted octanol–water partition coefficient (Wildman–Crippen LogP) is -0.676. The summed E-state index contributed by atoms with van der Waals surface area (Å²) < 4.78 is 22.8. The summed E-state index contributed by atoms with van der Waals surface area (Å²) in [7, 11) is -3.49. The second kappa shape index (κ2) is 8.24. The molecule has 0 atom stereocenters. The minimum absolute atomic E-state index is 0. The van der Waals surface area contributed by atoms with Crippen LogP contribution in [0.1, 0.15) is 19.8 Å². The monoisotopic (exact) mass is 261 g/mol. The van der Waals surface area contributed by atoms with Crippen molar-refractivity contribution in [3.8, 4) is 0 Å². The minimum atomic E-state index is -3.49. The zero-order valence-electron chi connectivity index (χ0n) is 9.89. The molecule has 17 heavy (non-hydrogen) atoms. The van der Waals surface area contributed by atoms with Gasteiger partial charge in [-0.05, 0) is 0 Å². The molecule has 0 aliphatic rings. The van der Waals surface area contributed by atoms with E-state index in [4.69, 9.17) is 5.14 Å². The molecule has 0 bridgehead atoms. The molecule has 1 aromatic carbocycles. The molecule has 0 amide bonds. The van der Waals surface area contributed by atoms with Gasteiger partial charge in [0.05, 0.1) is 0 Å². The summed E-state index contributed by atoms with van der Waals surface area (Å²) in [6.07, 6.45) is 2.44. The first-order valence-corrected chi connectivity index (χ1v) is 6.73. The molecule has 0 heterocycles. The molecule has 6 N–H and O–H groups in total. The van der Waals surface area contributed by atoms with Crippen molar-refractivity contribution in [1.82, 2.24) is 0 Å².